The summed E-state index contributed by atoms with van der Waals surface area (Å²) in [4.78, 5) is 15.6. The number of imidazole rings is 1. The van der Waals surface area contributed by atoms with Gasteiger partial charge >= 0.3 is 5.97 Å². The first-order chi connectivity index (χ1) is 8.66. The molecule has 94 valence electrons. The summed E-state index contributed by atoms with van der Waals surface area (Å²) >= 11 is 0. The van der Waals surface area contributed by atoms with Gasteiger partial charge in [0, 0.05) is 17.8 Å². The number of rotatable bonds is 2. The lowest BCUT2D eigenvalue weighted by molar-refractivity contribution is 0.0693. The number of nitrogen functional groups attached to an aromatic ring is 1. The topological polar surface area (TPSA) is 80.6 Å². The molecule has 5 nitrogen and oxygen atoms in total. The molecule has 18 heavy (non-hydrogen) atoms. The largest absolute Gasteiger partial charge is 0.476 e. The second-order valence-electron chi connectivity index (χ2n) is 4.82. The van der Waals surface area contributed by atoms with Crippen molar-refractivity contribution in [1.29, 1.82) is 0 Å². The molecule has 2 aromatic rings. The van der Waals surface area contributed by atoms with E-state index in [9.17, 15) is 9.90 Å². The molecule has 0 spiro atoms. The van der Waals surface area contributed by atoms with Gasteiger partial charge in [0.15, 0.2) is 5.69 Å². The van der Waals surface area contributed by atoms with Gasteiger partial charge < -0.3 is 15.2 Å². The van der Waals surface area contributed by atoms with E-state index in [4.69, 9.17) is 5.73 Å². The fraction of sp³-hybridized carbons (Fsp3) is 0.385. The number of pyridine rings is 1. The summed E-state index contributed by atoms with van der Waals surface area (Å²) in [5, 5.41) is 9.21. The van der Waals surface area contributed by atoms with Crippen LogP contribution >= 0.6 is 0 Å². The third-order valence-electron chi connectivity index (χ3n) is 3.62. The molecule has 5 heteroatoms. The Kier molecular flexibility index (Phi) is 2.47. The molecule has 0 aromatic carbocycles. The number of anilines is 1. The molecule has 1 fully saturated rings. The van der Waals surface area contributed by atoms with Crippen LogP contribution in [0.4, 0.5) is 5.69 Å². The molecule has 3 N–H and O–H groups in total. The van der Waals surface area contributed by atoms with Crippen molar-refractivity contribution in [3.05, 3.63) is 29.8 Å². The minimum absolute atomic E-state index is 0.101. The monoisotopic (exact) mass is 245 g/mol. The van der Waals surface area contributed by atoms with Crippen LogP contribution in [0.1, 0.15) is 47.9 Å². The van der Waals surface area contributed by atoms with Gasteiger partial charge in [-0.25, -0.2) is 9.78 Å². The third kappa shape index (κ3) is 1.63. The Labute approximate surface area is 104 Å². The van der Waals surface area contributed by atoms with Crippen LogP contribution in [-0.4, -0.2) is 20.5 Å². The molecule has 0 amide bonds. The number of aromatic carboxylic acids is 1. The van der Waals surface area contributed by atoms with Crippen molar-refractivity contribution in [1.82, 2.24) is 9.38 Å². The summed E-state index contributed by atoms with van der Waals surface area (Å²) < 4.78 is 1.87. The summed E-state index contributed by atoms with van der Waals surface area (Å²) in [6, 6.07) is 3.45. The Morgan fingerprint density at radius 2 is 2.17 bits per heavy atom. The predicted octanol–water partition coefficient (Wildman–Crippen LogP) is 2.27. The van der Waals surface area contributed by atoms with Crippen molar-refractivity contribution in [3.63, 3.8) is 0 Å². The molecule has 0 aliphatic heterocycles. The first kappa shape index (κ1) is 11.1. The zero-order chi connectivity index (χ0) is 12.7. The summed E-state index contributed by atoms with van der Waals surface area (Å²) in [6.07, 6.45) is 6.37. The van der Waals surface area contributed by atoms with Crippen LogP contribution in [0, 0.1) is 0 Å². The maximum atomic E-state index is 11.2. The van der Waals surface area contributed by atoms with Gasteiger partial charge in [-0.2, -0.15) is 0 Å². The van der Waals surface area contributed by atoms with Crippen molar-refractivity contribution < 1.29 is 9.90 Å². The maximum Gasteiger partial charge on any atom is 0.356 e. The lowest BCUT2D eigenvalue weighted by Crippen LogP contribution is -2.00. The van der Waals surface area contributed by atoms with Crippen molar-refractivity contribution in [3.8, 4) is 0 Å². The Morgan fingerprint density at radius 3 is 2.83 bits per heavy atom. The van der Waals surface area contributed by atoms with E-state index in [0.717, 1.165) is 18.7 Å². The number of nitrogens with two attached hydrogens (primary N) is 1. The lowest BCUT2D eigenvalue weighted by Gasteiger charge is -2.07. The van der Waals surface area contributed by atoms with E-state index >= 15 is 0 Å². The van der Waals surface area contributed by atoms with Gasteiger partial charge in [0.2, 0.25) is 0 Å². The molecule has 3 rings (SSSR count). The van der Waals surface area contributed by atoms with Gasteiger partial charge in [-0.05, 0) is 25.0 Å². The van der Waals surface area contributed by atoms with E-state index in [0.29, 0.717) is 17.1 Å². The van der Waals surface area contributed by atoms with Gasteiger partial charge in [0.05, 0.1) is 5.52 Å². The van der Waals surface area contributed by atoms with Gasteiger partial charge in [-0.3, -0.25) is 0 Å². The smallest absolute Gasteiger partial charge is 0.356 e. The highest BCUT2D eigenvalue weighted by Crippen LogP contribution is 2.34. The highest BCUT2D eigenvalue weighted by Gasteiger charge is 2.25. The van der Waals surface area contributed by atoms with Crippen LogP contribution in [0.5, 0.6) is 0 Å². The van der Waals surface area contributed by atoms with Crippen LogP contribution in [0.15, 0.2) is 18.3 Å². The molecule has 0 saturated heterocycles. The molecule has 1 saturated carbocycles. The fourth-order valence-electron chi connectivity index (χ4n) is 2.75. The number of nitrogens with zero attached hydrogens (tertiary/aromatic N) is 2. The van der Waals surface area contributed by atoms with Crippen LogP contribution in [0.3, 0.4) is 0 Å². The molecule has 0 bridgehead atoms. The van der Waals surface area contributed by atoms with E-state index in [1.807, 2.05) is 10.6 Å². The Hall–Kier alpha value is -2.04. The average molecular weight is 245 g/mol. The van der Waals surface area contributed by atoms with Crippen LogP contribution in [0.25, 0.3) is 5.52 Å². The number of carboxylic acids is 1. The Morgan fingerprint density at radius 1 is 1.44 bits per heavy atom. The number of hydrogen-bond donors (Lipinski definition) is 2. The first-order valence-electron chi connectivity index (χ1n) is 6.17. The van der Waals surface area contributed by atoms with Crippen LogP contribution < -0.4 is 5.73 Å². The molecule has 1 aliphatic carbocycles. The van der Waals surface area contributed by atoms with E-state index < -0.39 is 5.97 Å². The zero-order valence-corrected chi connectivity index (χ0v) is 9.97. The second kappa shape index (κ2) is 4.01. The summed E-state index contributed by atoms with van der Waals surface area (Å²) in [5.41, 5.74) is 6.97. The number of fused-ring (bicyclic) bond motifs is 1. The molecule has 1 aliphatic rings. The molecule has 2 aromatic heterocycles. The molecule has 0 radical (unpaired) electrons. The van der Waals surface area contributed by atoms with Crippen molar-refractivity contribution in [2.24, 2.45) is 0 Å². The Balaban J connectivity index is 2.22. The second-order valence-corrected chi connectivity index (χ2v) is 4.82. The standard InChI is InChI=1S/C13H15N3O2/c14-9-5-6-16-10(7-9)11(13(17)18)15-12(16)8-3-1-2-4-8/h5-8H,1-4,14H2,(H,17,18). The lowest BCUT2D eigenvalue weighted by atomic mass is 10.1. The number of aromatic nitrogens is 2. The van der Waals surface area contributed by atoms with Gasteiger partial charge in [-0.1, -0.05) is 12.8 Å². The van der Waals surface area contributed by atoms with E-state index in [-0.39, 0.29) is 5.69 Å². The van der Waals surface area contributed by atoms with E-state index in [1.165, 1.54) is 12.8 Å². The molecule has 0 atom stereocenters. The maximum absolute atomic E-state index is 11.2. The predicted molar refractivity (Wildman–Crippen MR) is 67.8 cm³/mol. The molecular weight excluding hydrogens is 230 g/mol. The van der Waals surface area contributed by atoms with Gasteiger partial charge in [0.25, 0.3) is 0 Å². The molecule has 2 heterocycles. The minimum atomic E-state index is -0.998. The minimum Gasteiger partial charge on any atom is -0.476 e. The van der Waals surface area contributed by atoms with E-state index in [2.05, 4.69) is 4.98 Å². The zero-order valence-electron chi connectivity index (χ0n) is 9.97. The Bertz CT molecular complexity index is 612. The van der Waals surface area contributed by atoms with Gasteiger partial charge in [-0.15, -0.1) is 0 Å². The third-order valence-corrected chi connectivity index (χ3v) is 3.62. The van der Waals surface area contributed by atoms with Gasteiger partial charge in [0.1, 0.15) is 5.82 Å². The quantitative estimate of drug-likeness (QED) is 0.850. The number of carboxylic acid groups (broad SMARTS) is 1. The van der Waals surface area contributed by atoms with Crippen molar-refractivity contribution in [2.45, 2.75) is 31.6 Å². The molecule has 0 unspecified atom stereocenters. The van der Waals surface area contributed by atoms with E-state index in [1.54, 1.807) is 12.1 Å². The fourth-order valence-corrected chi connectivity index (χ4v) is 2.75. The summed E-state index contributed by atoms with van der Waals surface area (Å²) in [5.74, 6) is 0.233. The first-order valence-corrected chi connectivity index (χ1v) is 6.17. The van der Waals surface area contributed by atoms with Crippen molar-refractivity contribution >= 4 is 17.2 Å². The molecular formula is C13H15N3O2. The van der Waals surface area contributed by atoms with Crippen molar-refractivity contribution in [2.75, 3.05) is 5.73 Å². The summed E-state index contributed by atoms with van der Waals surface area (Å²) in [6.45, 7) is 0. The normalized spacial score (nSPS) is 16.4. The average Bonchev–Trinajstić information content (AvgIpc) is 2.93. The number of carbonyl (C=O) groups is 1. The SMILES string of the molecule is Nc1ccn2c(C3CCCC3)nc(C(=O)O)c2c1. The van der Waals surface area contributed by atoms with Crippen LogP contribution in [-0.2, 0) is 0 Å². The highest BCUT2D eigenvalue weighted by atomic mass is 16.4. The van der Waals surface area contributed by atoms with Crippen LogP contribution in [0.2, 0.25) is 0 Å². The summed E-state index contributed by atoms with van der Waals surface area (Å²) in [7, 11) is 0. The highest BCUT2D eigenvalue weighted by molar-refractivity contribution is 5.94. The number of hydrogen-bond acceptors (Lipinski definition) is 3.